The van der Waals surface area contributed by atoms with Gasteiger partial charge in [-0.1, -0.05) is 12.1 Å². The largest absolute Gasteiger partial charge is 0.486 e. The van der Waals surface area contributed by atoms with Gasteiger partial charge in [0.25, 0.3) is 0 Å². The maximum atomic E-state index is 11.3. The Balaban J connectivity index is 2.31. The second-order valence-electron chi connectivity index (χ2n) is 6.37. The van der Waals surface area contributed by atoms with Crippen molar-refractivity contribution in [1.29, 1.82) is 0 Å². The number of esters is 1. The summed E-state index contributed by atoms with van der Waals surface area (Å²) in [4.78, 5) is 13.3. The lowest BCUT2D eigenvalue weighted by molar-refractivity contribution is -0.143. The van der Waals surface area contributed by atoms with E-state index >= 15 is 0 Å². The summed E-state index contributed by atoms with van der Waals surface area (Å²) in [5, 5.41) is 0. The molecule has 6 heteroatoms. The number of carbonyl (C=O) groups excluding carboxylic acids is 1. The Bertz CT molecular complexity index is 366. The van der Waals surface area contributed by atoms with Crippen LogP contribution in [0.15, 0.2) is 12.1 Å². The molecule has 0 aromatic heterocycles. The van der Waals surface area contributed by atoms with Crippen LogP contribution in [0.1, 0.15) is 41.0 Å². The number of likely N-dealkylation sites (N-methyl/N-ethyl adjacent to an activating group) is 1. The van der Waals surface area contributed by atoms with Crippen LogP contribution in [0.4, 0.5) is 0 Å². The fourth-order valence-corrected chi connectivity index (χ4v) is 1.93. The first kappa shape index (κ1) is 18.2. The standard InChI is InChI=1S/C15H28BNO4/c1-7-19-13(18)9-12-17(6)11-8-10-16-20-14(2,3)15(4,5)21-16/h8,10H,7,9,11-12H2,1-6H3/b10-8+. The number of hydrogen-bond donors (Lipinski definition) is 0. The SMILES string of the molecule is CCOC(=O)CCN(C)C/C=C/B1OC(C)(C)C(C)(C)O1. The molecular formula is C15H28BNO4. The van der Waals surface area contributed by atoms with Gasteiger partial charge >= 0.3 is 13.1 Å². The minimum Gasteiger partial charge on any atom is -0.466 e. The highest BCUT2D eigenvalue weighted by Crippen LogP contribution is 2.36. The van der Waals surface area contributed by atoms with E-state index in [0.717, 1.165) is 6.54 Å². The summed E-state index contributed by atoms with van der Waals surface area (Å²) in [6.45, 7) is 11.8. The quantitative estimate of drug-likeness (QED) is 0.532. The van der Waals surface area contributed by atoms with E-state index in [1.54, 1.807) is 0 Å². The van der Waals surface area contributed by atoms with Crippen LogP contribution in [-0.4, -0.2) is 55.9 Å². The third-order valence-corrected chi connectivity index (χ3v) is 3.98. The second kappa shape index (κ2) is 7.43. The fraction of sp³-hybridized carbons (Fsp3) is 0.800. The molecule has 120 valence electrons. The lowest BCUT2D eigenvalue weighted by Gasteiger charge is -2.32. The van der Waals surface area contributed by atoms with Gasteiger partial charge in [-0.3, -0.25) is 4.79 Å². The van der Waals surface area contributed by atoms with E-state index in [0.29, 0.717) is 19.6 Å². The van der Waals surface area contributed by atoms with Crippen LogP contribution in [0.5, 0.6) is 0 Å². The summed E-state index contributed by atoms with van der Waals surface area (Å²) >= 11 is 0. The predicted octanol–water partition coefficient (Wildman–Crippen LogP) is 2.06. The fourth-order valence-electron chi connectivity index (χ4n) is 1.93. The number of hydrogen-bond acceptors (Lipinski definition) is 5. The Morgan fingerprint density at radius 1 is 1.24 bits per heavy atom. The molecule has 0 spiro atoms. The Kier molecular flexibility index (Phi) is 6.44. The smallest absolute Gasteiger partial charge is 0.466 e. The first-order chi connectivity index (χ1) is 9.68. The first-order valence-corrected chi connectivity index (χ1v) is 7.54. The van der Waals surface area contributed by atoms with Crippen LogP contribution in [0.25, 0.3) is 0 Å². The highest BCUT2D eigenvalue weighted by Gasteiger charge is 2.49. The second-order valence-corrected chi connectivity index (χ2v) is 6.37. The Morgan fingerprint density at radius 2 is 1.81 bits per heavy atom. The zero-order valence-corrected chi connectivity index (χ0v) is 14.1. The minimum absolute atomic E-state index is 0.153. The minimum atomic E-state index is -0.312. The Labute approximate surface area is 128 Å². The maximum Gasteiger partial charge on any atom is 0.486 e. The number of rotatable bonds is 7. The van der Waals surface area contributed by atoms with Crippen LogP contribution in [0.2, 0.25) is 0 Å². The van der Waals surface area contributed by atoms with E-state index < -0.39 is 0 Å². The van der Waals surface area contributed by atoms with Gasteiger partial charge < -0.3 is 18.9 Å². The normalized spacial score (nSPS) is 20.4. The molecule has 1 aliphatic rings. The molecule has 0 aromatic rings. The molecule has 1 aliphatic heterocycles. The molecule has 1 heterocycles. The maximum absolute atomic E-state index is 11.3. The molecule has 0 amide bonds. The van der Waals surface area contributed by atoms with E-state index in [9.17, 15) is 4.79 Å². The van der Waals surface area contributed by atoms with Gasteiger partial charge in [-0.05, 0) is 41.7 Å². The molecule has 21 heavy (non-hydrogen) atoms. The highest BCUT2D eigenvalue weighted by molar-refractivity contribution is 6.51. The average molecular weight is 297 g/mol. The summed E-state index contributed by atoms with van der Waals surface area (Å²) < 4.78 is 16.6. The van der Waals surface area contributed by atoms with Crippen LogP contribution in [0.3, 0.4) is 0 Å². The molecule has 1 rings (SSSR count). The van der Waals surface area contributed by atoms with Crippen molar-refractivity contribution in [3.05, 3.63) is 12.1 Å². The molecule has 0 aromatic carbocycles. The van der Waals surface area contributed by atoms with Crippen LogP contribution in [-0.2, 0) is 18.8 Å². The molecule has 1 saturated heterocycles. The molecule has 0 saturated carbocycles. The Hall–Kier alpha value is -0.845. The van der Waals surface area contributed by atoms with E-state index in [1.807, 2.05) is 53.7 Å². The van der Waals surface area contributed by atoms with Crippen molar-refractivity contribution in [3.63, 3.8) is 0 Å². The summed E-state index contributed by atoms with van der Waals surface area (Å²) in [6.07, 6.45) is 2.42. The van der Waals surface area contributed by atoms with Crippen molar-refractivity contribution in [1.82, 2.24) is 4.90 Å². The van der Waals surface area contributed by atoms with Crippen molar-refractivity contribution in [2.24, 2.45) is 0 Å². The zero-order valence-electron chi connectivity index (χ0n) is 14.1. The van der Waals surface area contributed by atoms with Crippen LogP contribution in [0, 0.1) is 0 Å². The van der Waals surface area contributed by atoms with Gasteiger partial charge in [-0.25, -0.2) is 0 Å². The lowest BCUT2D eigenvalue weighted by Crippen LogP contribution is -2.41. The van der Waals surface area contributed by atoms with Crippen LogP contribution >= 0.6 is 0 Å². The van der Waals surface area contributed by atoms with Gasteiger partial charge in [0.2, 0.25) is 0 Å². The van der Waals surface area contributed by atoms with Crippen molar-refractivity contribution < 1.29 is 18.8 Å². The lowest BCUT2D eigenvalue weighted by atomic mass is 9.90. The monoisotopic (exact) mass is 297 g/mol. The Morgan fingerprint density at radius 3 is 2.33 bits per heavy atom. The molecule has 0 bridgehead atoms. The molecule has 0 unspecified atom stereocenters. The molecule has 0 radical (unpaired) electrons. The van der Waals surface area contributed by atoms with Crippen molar-refractivity contribution in [2.45, 2.75) is 52.2 Å². The predicted molar refractivity (Wildman–Crippen MR) is 84.0 cm³/mol. The van der Waals surface area contributed by atoms with Crippen LogP contribution < -0.4 is 0 Å². The summed E-state index contributed by atoms with van der Waals surface area (Å²) in [5.41, 5.74) is -0.615. The molecule has 0 aliphatic carbocycles. The van der Waals surface area contributed by atoms with Gasteiger partial charge in [0, 0.05) is 13.1 Å². The number of nitrogens with zero attached hydrogens (tertiary/aromatic N) is 1. The summed E-state index contributed by atoms with van der Waals surface area (Å²) in [5.74, 6) is 1.77. The third-order valence-electron chi connectivity index (χ3n) is 3.98. The van der Waals surface area contributed by atoms with Crippen molar-refractivity contribution in [2.75, 3.05) is 26.7 Å². The number of carbonyl (C=O) groups is 1. The molecule has 5 nitrogen and oxygen atoms in total. The average Bonchev–Trinajstić information content (AvgIpc) is 2.55. The zero-order chi connectivity index (χ0) is 16.1. The van der Waals surface area contributed by atoms with Gasteiger partial charge in [0.05, 0.1) is 24.2 Å². The van der Waals surface area contributed by atoms with E-state index in [2.05, 4.69) is 4.90 Å². The summed E-state index contributed by atoms with van der Waals surface area (Å²) in [6, 6.07) is 0. The van der Waals surface area contributed by atoms with Crippen molar-refractivity contribution >= 4 is 13.1 Å². The van der Waals surface area contributed by atoms with E-state index in [4.69, 9.17) is 14.0 Å². The van der Waals surface area contributed by atoms with Crippen molar-refractivity contribution in [3.8, 4) is 0 Å². The molecule has 0 N–H and O–H groups in total. The molecule has 0 atom stereocenters. The highest BCUT2D eigenvalue weighted by atomic mass is 16.7. The van der Waals surface area contributed by atoms with Gasteiger partial charge in [-0.2, -0.15) is 0 Å². The summed E-state index contributed by atoms with van der Waals surface area (Å²) in [7, 11) is 1.65. The number of ether oxygens (including phenoxy) is 1. The van der Waals surface area contributed by atoms with Gasteiger partial charge in [0.15, 0.2) is 0 Å². The van der Waals surface area contributed by atoms with E-state index in [-0.39, 0.29) is 24.3 Å². The molecular weight excluding hydrogens is 269 g/mol. The topological polar surface area (TPSA) is 48.0 Å². The molecule has 1 fully saturated rings. The van der Waals surface area contributed by atoms with Gasteiger partial charge in [0.1, 0.15) is 0 Å². The first-order valence-electron chi connectivity index (χ1n) is 7.54. The van der Waals surface area contributed by atoms with E-state index in [1.165, 1.54) is 0 Å². The third kappa shape index (κ3) is 5.45. The van der Waals surface area contributed by atoms with Gasteiger partial charge in [-0.15, -0.1) is 0 Å².